The molecule has 3 atom stereocenters. The van der Waals surface area contributed by atoms with Crippen LogP contribution >= 0.6 is 23.2 Å². The van der Waals surface area contributed by atoms with Crippen LogP contribution in [0.1, 0.15) is 43.5 Å². The van der Waals surface area contributed by atoms with Crippen molar-refractivity contribution in [3.8, 4) is 45.4 Å². The van der Waals surface area contributed by atoms with Gasteiger partial charge in [-0.1, -0.05) is 59.6 Å². The number of amides is 1. The molecule has 5 heterocycles. The maximum absolute atomic E-state index is 11.5. The number of hydrogen-bond acceptors (Lipinski definition) is 10. The first-order valence-corrected chi connectivity index (χ1v) is 17.9. The molecule has 3 aliphatic heterocycles. The monoisotopic (exact) mass is 717 g/mol. The van der Waals surface area contributed by atoms with Gasteiger partial charge in [-0.3, -0.25) is 19.7 Å². The van der Waals surface area contributed by atoms with Crippen molar-refractivity contribution in [3.05, 3.63) is 70.2 Å². The molecule has 3 unspecified atom stereocenters. The summed E-state index contributed by atoms with van der Waals surface area (Å²) in [5.74, 6) is 1.54. The molecule has 1 amide bonds. The minimum absolute atomic E-state index is 0.0882. The van der Waals surface area contributed by atoms with Gasteiger partial charge in [0.25, 0.3) is 0 Å². The summed E-state index contributed by atoms with van der Waals surface area (Å²) in [4.78, 5) is 32.9. The predicted molar refractivity (Wildman–Crippen MR) is 192 cm³/mol. The Bertz CT molecular complexity index is 1850. The molecule has 0 radical (unpaired) electrons. The third-order valence-corrected chi connectivity index (χ3v) is 10.6. The highest BCUT2D eigenvalue weighted by atomic mass is 35.5. The van der Waals surface area contributed by atoms with Crippen LogP contribution in [0.25, 0.3) is 33.6 Å². The summed E-state index contributed by atoms with van der Waals surface area (Å²) in [7, 11) is 3.19. The molecule has 0 bridgehead atoms. The van der Waals surface area contributed by atoms with Gasteiger partial charge >= 0.3 is 0 Å². The van der Waals surface area contributed by atoms with E-state index in [9.17, 15) is 4.79 Å². The van der Waals surface area contributed by atoms with Gasteiger partial charge in [0.05, 0.1) is 54.2 Å². The summed E-state index contributed by atoms with van der Waals surface area (Å²) < 4.78 is 17.3. The lowest BCUT2D eigenvalue weighted by Crippen LogP contribution is -2.35. The van der Waals surface area contributed by atoms with Crippen molar-refractivity contribution in [1.82, 2.24) is 35.5 Å². The molecule has 11 nitrogen and oxygen atoms in total. The summed E-state index contributed by atoms with van der Waals surface area (Å²) in [6.45, 7) is 4.64. The van der Waals surface area contributed by atoms with Crippen LogP contribution in [0.15, 0.2) is 48.8 Å². The van der Waals surface area contributed by atoms with Crippen molar-refractivity contribution in [2.75, 3.05) is 40.5 Å². The van der Waals surface area contributed by atoms with E-state index in [-0.39, 0.29) is 11.9 Å². The van der Waals surface area contributed by atoms with Gasteiger partial charge < -0.3 is 24.8 Å². The van der Waals surface area contributed by atoms with E-state index in [1.54, 1.807) is 26.6 Å². The fourth-order valence-electron chi connectivity index (χ4n) is 7.18. The highest BCUT2D eigenvalue weighted by Crippen LogP contribution is 2.42. The first-order valence-electron chi connectivity index (χ1n) is 17.1. The van der Waals surface area contributed by atoms with Crippen LogP contribution in [0.5, 0.6) is 11.8 Å². The lowest BCUT2D eigenvalue weighted by atomic mass is 9.98. The second-order valence-electron chi connectivity index (χ2n) is 13.0. The van der Waals surface area contributed by atoms with Crippen LogP contribution in [-0.4, -0.2) is 83.3 Å². The number of halogens is 2. The maximum Gasteiger partial charge on any atom is 0.237 e. The van der Waals surface area contributed by atoms with Crippen molar-refractivity contribution in [1.29, 1.82) is 0 Å². The molecule has 0 saturated carbocycles. The molecule has 50 heavy (non-hydrogen) atoms. The lowest BCUT2D eigenvalue weighted by molar-refractivity contribution is -0.119. The minimum atomic E-state index is 0.0882. The molecular formula is C37H41Cl2N7O4. The molecule has 262 valence electrons. The van der Waals surface area contributed by atoms with Gasteiger partial charge in [0.2, 0.25) is 17.7 Å². The zero-order valence-corrected chi connectivity index (χ0v) is 29.8. The molecule has 3 fully saturated rings. The molecule has 0 spiro atoms. The largest absolute Gasteiger partial charge is 0.480 e. The lowest BCUT2D eigenvalue weighted by Gasteiger charge is -2.20. The SMILES string of the molecule is COc1nc(-c2cccc(-c3cccc(-c4cnc(CN5CCC(C6CCCO6)C5)c(OC)n4)c3Cl)c2Cl)cnc1CNCC1CCC(=O)N1. The van der Waals surface area contributed by atoms with Crippen LogP contribution in [0.3, 0.4) is 0 Å². The minimum Gasteiger partial charge on any atom is -0.480 e. The van der Waals surface area contributed by atoms with Crippen LogP contribution in [-0.2, 0) is 22.6 Å². The molecule has 3 saturated heterocycles. The summed E-state index contributed by atoms with van der Waals surface area (Å²) >= 11 is 14.2. The van der Waals surface area contributed by atoms with Crippen molar-refractivity contribution in [3.63, 3.8) is 0 Å². The summed E-state index contributed by atoms with van der Waals surface area (Å²) in [6.07, 6.45) is 8.66. The van der Waals surface area contributed by atoms with E-state index in [4.69, 9.17) is 52.4 Å². The topological polar surface area (TPSA) is 124 Å². The fourth-order valence-corrected chi connectivity index (χ4v) is 7.83. The molecule has 2 aromatic heterocycles. The number of carbonyl (C=O) groups excluding carboxylic acids is 1. The van der Waals surface area contributed by atoms with E-state index >= 15 is 0 Å². The second-order valence-corrected chi connectivity index (χ2v) is 13.8. The number of methoxy groups -OCH3 is 2. The Morgan fingerprint density at radius 3 is 2.14 bits per heavy atom. The Morgan fingerprint density at radius 1 is 0.900 bits per heavy atom. The molecule has 0 aliphatic carbocycles. The average Bonchev–Trinajstić information content (AvgIpc) is 3.92. The fraction of sp³-hybridized carbons (Fsp3) is 0.432. The van der Waals surface area contributed by atoms with Gasteiger partial charge in [-0.15, -0.1) is 0 Å². The molecule has 7 rings (SSSR count). The highest BCUT2D eigenvalue weighted by molar-refractivity contribution is 6.39. The van der Waals surface area contributed by atoms with Crippen molar-refractivity contribution in [2.45, 2.75) is 57.3 Å². The number of nitrogens with zero attached hydrogens (tertiary/aromatic N) is 5. The zero-order valence-electron chi connectivity index (χ0n) is 28.3. The van der Waals surface area contributed by atoms with Crippen molar-refractivity contribution in [2.24, 2.45) is 5.92 Å². The van der Waals surface area contributed by atoms with E-state index in [0.29, 0.717) is 82.5 Å². The Morgan fingerprint density at radius 2 is 1.54 bits per heavy atom. The van der Waals surface area contributed by atoms with Crippen molar-refractivity contribution < 1.29 is 19.0 Å². The van der Waals surface area contributed by atoms with Gasteiger partial charge in [-0.05, 0) is 38.1 Å². The first kappa shape index (κ1) is 34.6. The van der Waals surface area contributed by atoms with E-state index in [2.05, 4.69) is 20.5 Å². The second kappa shape index (κ2) is 15.6. The van der Waals surface area contributed by atoms with Crippen molar-refractivity contribution >= 4 is 29.1 Å². The Hall–Kier alpha value is -3.87. The van der Waals surface area contributed by atoms with Gasteiger partial charge in [-0.2, -0.15) is 0 Å². The van der Waals surface area contributed by atoms with Crippen LogP contribution < -0.4 is 20.1 Å². The third kappa shape index (κ3) is 7.43. The van der Waals surface area contributed by atoms with E-state index in [1.165, 1.54) is 0 Å². The third-order valence-electron chi connectivity index (χ3n) is 9.79. The molecule has 13 heteroatoms. The van der Waals surface area contributed by atoms with E-state index in [1.807, 2.05) is 36.4 Å². The Kier molecular flexibility index (Phi) is 10.8. The predicted octanol–water partition coefficient (Wildman–Crippen LogP) is 5.96. The number of carbonyl (C=O) groups is 1. The van der Waals surface area contributed by atoms with Gasteiger partial charge in [0.15, 0.2) is 0 Å². The van der Waals surface area contributed by atoms with Gasteiger partial charge in [-0.25, -0.2) is 9.97 Å². The smallest absolute Gasteiger partial charge is 0.237 e. The Balaban J connectivity index is 1.09. The van der Waals surface area contributed by atoms with Gasteiger partial charge in [0, 0.05) is 67.5 Å². The van der Waals surface area contributed by atoms with Crippen LogP contribution in [0.2, 0.25) is 10.0 Å². The average molecular weight is 719 g/mol. The number of nitrogens with one attached hydrogen (secondary N) is 2. The Labute approximate surface area is 302 Å². The summed E-state index contributed by atoms with van der Waals surface area (Å²) in [5, 5.41) is 7.28. The maximum atomic E-state index is 11.5. The summed E-state index contributed by atoms with van der Waals surface area (Å²) in [5.41, 5.74) is 5.54. The standard InChI is InChI=1S/C37H41Cl2N7O4/c1-48-36-30(17-40-16-23-11-12-33(47)43-23)41-18-28(44-36)26-8-3-6-24(34(26)38)25-7-4-9-27(35(25)39)29-19-42-31(37(45-29)49-2)21-46-14-13-22(20-46)32-10-5-15-50-32/h3-4,6-9,18-19,22-23,32,40H,5,10-17,20-21H2,1-2H3,(H,43,47). The number of aromatic nitrogens is 4. The molecule has 3 aliphatic rings. The number of likely N-dealkylation sites (tertiary alicyclic amines) is 1. The molecule has 2 aromatic carbocycles. The van der Waals surface area contributed by atoms with Gasteiger partial charge in [0.1, 0.15) is 11.4 Å². The summed E-state index contributed by atoms with van der Waals surface area (Å²) in [6, 6.07) is 11.6. The molecule has 2 N–H and O–H groups in total. The molecular weight excluding hydrogens is 677 g/mol. The number of ether oxygens (including phenoxy) is 3. The first-order chi connectivity index (χ1) is 24.4. The number of rotatable bonds is 12. The molecule has 4 aromatic rings. The van der Waals surface area contributed by atoms with E-state index < -0.39 is 0 Å². The van der Waals surface area contributed by atoms with Crippen LogP contribution in [0.4, 0.5) is 0 Å². The van der Waals surface area contributed by atoms with E-state index in [0.717, 1.165) is 67.8 Å². The van der Waals surface area contributed by atoms with Crippen LogP contribution in [0, 0.1) is 5.92 Å². The number of hydrogen-bond donors (Lipinski definition) is 2. The quantitative estimate of drug-likeness (QED) is 0.181. The normalized spacial score (nSPS) is 20.7. The number of benzene rings is 2. The zero-order chi connectivity index (χ0) is 34.6. The highest BCUT2D eigenvalue weighted by Gasteiger charge is 2.33.